The fraction of sp³-hybridized carbons (Fsp3) is 0.964. The van der Waals surface area contributed by atoms with Crippen molar-refractivity contribution in [3.63, 3.8) is 0 Å². The van der Waals surface area contributed by atoms with Gasteiger partial charge in [0.25, 0.3) is 0 Å². The van der Waals surface area contributed by atoms with E-state index in [4.69, 9.17) is 9.47 Å². The number of methoxy groups -OCH3 is 1. The summed E-state index contributed by atoms with van der Waals surface area (Å²) in [5.41, 5.74) is 0.579. The Labute approximate surface area is 190 Å². The monoisotopic (exact) mass is 430 g/mol. The van der Waals surface area contributed by atoms with Gasteiger partial charge < -0.3 is 9.47 Å². The second-order valence-electron chi connectivity index (χ2n) is 11.9. The molecule has 176 valence electrons. The van der Waals surface area contributed by atoms with Gasteiger partial charge in [0.15, 0.2) is 0 Å². The van der Waals surface area contributed by atoms with Crippen molar-refractivity contribution in [2.45, 2.75) is 122 Å². The number of carbonyl (C=O) groups is 1. The third-order valence-corrected chi connectivity index (χ3v) is 10.9. The zero-order chi connectivity index (χ0) is 21.4. The maximum absolute atomic E-state index is 11.6. The van der Waals surface area contributed by atoms with E-state index >= 15 is 0 Å². The number of fused-ring (bicyclic) bond motifs is 3. The highest BCUT2D eigenvalue weighted by molar-refractivity contribution is 5.66. The van der Waals surface area contributed by atoms with E-state index in [0.29, 0.717) is 11.5 Å². The minimum absolute atomic E-state index is 0.0865. The van der Waals surface area contributed by atoms with Gasteiger partial charge in [0.1, 0.15) is 6.10 Å². The molecule has 0 aliphatic heterocycles. The molecule has 0 bridgehead atoms. The van der Waals surface area contributed by atoms with E-state index < -0.39 is 0 Å². The molecule has 0 aromatic carbocycles. The van der Waals surface area contributed by atoms with E-state index in [1.165, 1.54) is 89.9 Å². The van der Waals surface area contributed by atoms with Crippen LogP contribution in [0.2, 0.25) is 0 Å². The molecule has 0 aromatic rings. The molecule has 0 radical (unpaired) electrons. The SMILES string of the molecule is COC1CCC(C2(C3CCC(OC(C)=O)CC3)C3CCCCC3C3CCCCC32)CC1. The average molecular weight is 431 g/mol. The Morgan fingerprint density at radius 3 is 1.55 bits per heavy atom. The molecule has 5 aliphatic carbocycles. The molecule has 4 unspecified atom stereocenters. The Kier molecular flexibility index (Phi) is 6.71. The summed E-state index contributed by atoms with van der Waals surface area (Å²) in [4.78, 5) is 11.6. The molecule has 0 saturated heterocycles. The van der Waals surface area contributed by atoms with E-state index in [9.17, 15) is 4.79 Å². The summed E-state index contributed by atoms with van der Waals surface area (Å²) in [7, 11) is 1.92. The van der Waals surface area contributed by atoms with Crippen LogP contribution in [0.3, 0.4) is 0 Å². The summed E-state index contributed by atoms with van der Waals surface area (Å²) < 4.78 is 11.5. The summed E-state index contributed by atoms with van der Waals surface area (Å²) in [5.74, 6) is 5.69. The van der Waals surface area contributed by atoms with Crippen LogP contribution in [-0.4, -0.2) is 25.3 Å². The van der Waals surface area contributed by atoms with Crippen LogP contribution < -0.4 is 0 Å². The molecule has 0 spiro atoms. The maximum atomic E-state index is 11.6. The highest BCUT2D eigenvalue weighted by atomic mass is 16.5. The molecule has 5 fully saturated rings. The van der Waals surface area contributed by atoms with Crippen molar-refractivity contribution in [1.29, 1.82) is 0 Å². The molecule has 3 heteroatoms. The van der Waals surface area contributed by atoms with Crippen molar-refractivity contribution in [3.8, 4) is 0 Å². The Balaban J connectivity index is 1.46. The largest absolute Gasteiger partial charge is 0.463 e. The molecular formula is C28H46O3. The Hall–Kier alpha value is -0.570. The lowest BCUT2D eigenvalue weighted by Gasteiger charge is -2.56. The first-order valence-corrected chi connectivity index (χ1v) is 13.8. The van der Waals surface area contributed by atoms with Gasteiger partial charge in [-0.3, -0.25) is 4.79 Å². The molecule has 5 aliphatic rings. The van der Waals surface area contributed by atoms with Crippen molar-refractivity contribution in [2.24, 2.45) is 40.9 Å². The molecule has 5 rings (SSSR count). The smallest absolute Gasteiger partial charge is 0.302 e. The van der Waals surface area contributed by atoms with Crippen LogP contribution in [0.15, 0.2) is 0 Å². The summed E-state index contributed by atoms with van der Waals surface area (Å²) in [6.45, 7) is 1.58. The van der Waals surface area contributed by atoms with Crippen LogP contribution in [0, 0.1) is 40.9 Å². The van der Waals surface area contributed by atoms with Crippen molar-refractivity contribution in [3.05, 3.63) is 0 Å². The highest BCUT2D eigenvalue weighted by Gasteiger charge is 2.65. The number of hydrogen-bond donors (Lipinski definition) is 0. The minimum atomic E-state index is -0.0865. The molecule has 0 amide bonds. The van der Waals surface area contributed by atoms with Crippen LogP contribution >= 0.6 is 0 Å². The second kappa shape index (κ2) is 9.35. The van der Waals surface area contributed by atoms with Gasteiger partial charge in [-0.25, -0.2) is 0 Å². The van der Waals surface area contributed by atoms with Gasteiger partial charge in [-0.15, -0.1) is 0 Å². The van der Waals surface area contributed by atoms with Gasteiger partial charge in [0.05, 0.1) is 6.10 Å². The van der Waals surface area contributed by atoms with E-state index in [-0.39, 0.29) is 12.1 Å². The molecule has 0 N–H and O–H groups in total. The van der Waals surface area contributed by atoms with Crippen LogP contribution in [0.25, 0.3) is 0 Å². The summed E-state index contributed by atoms with van der Waals surface area (Å²) >= 11 is 0. The van der Waals surface area contributed by atoms with Gasteiger partial charge in [-0.2, -0.15) is 0 Å². The lowest BCUT2D eigenvalue weighted by molar-refractivity contribution is -0.151. The lowest BCUT2D eigenvalue weighted by atomic mass is 9.48. The molecule has 5 saturated carbocycles. The maximum Gasteiger partial charge on any atom is 0.302 e. The summed E-state index contributed by atoms with van der Waals surface area (Å²) in [5, 5.41) is 0. The number of rotatable bonds is 4. The number of esters is 1. The zero-order valence-electron chi connectivity index (χ0n) is 20.2. The first-order valence-electron chi connectivity index (χ1n) is 13.8. The molecule has 31 heavy (non-hydrogen) atoms. The van der Waals surface area contributed by atoms with Crippen LogP contribution in [0.5, 0.6) is 0 Å². The predicted octanol–water partition coefficient (Wildman–Crippen LogP) is 6.93. The zero-order valence-corrected chi connectivity index (χ0v) is 20.2. The Morgan fingerprint density at radius 2 is 1.10 bits per heavy atom. The fourth-order valence-electron chi connectivity index (χ4n) is 10.1. The summed E-state index contributed by atoms with van der Waals surface area (Å²) in [6, 6.07) is 0. The normalized spacial score (nSPS) is 47.9. The van der Waals surface area contributed by atoms with Crippen LogP contribution in [0.1, 0.15) is 110 Å². The Bertz CT molecular complexity index is 592. The van der Waals surface area contributed by atoms with Gasteiger partial charge in [0.2, 0.25) is 0 Å². The summed E-state index contributed by atoms with van der Waals surface area (Å²) in [6.07, 6.45) is 22.8. The predicted molar refractivity (Wildman–Crippen MR) is 124 cm³/mol. The molecule has 4 atom stereocenters. The minimum Gasteiger partial charge on any atom is -0.463 e. The second-order valence-corrected chi connectivity index (χ2v) is 11.9. The van der Waals surface area contributed by atoms with Crippen molar-refractivity contribution in [2.75, 3.05) is 7.11 Å². The van der Waals surface area contributed by atoms with Gasteiger partial charge in [-0.05, 0) is 118 Å². The number of ether oxygens (including phenoxy) is 2. The van der Waals surface area contributed by atoms with E-state index in [1.807, 2.05) is 7.11 Å². The molecule has 0 heterocycles. The molecular weight excluding hydrogens is 384 g/mol. The van der Waals surface area contributed by atoms with Crippen LogP contribution in [-0.2, 0) is 14.3 Å². The molecule has 3 nitrogen and oxygen atoms in total. The first-order chi connectivity index (χ1) is 15.1. The third kappa shape index (κ3) is 3.89. The number of carbonyl (C=O) groups excluding carboxylic acids is 1. The third-order valence-electron chi connectivity index (χ3n) is 10.9. The van der Waals surface area contributed by atoms with Gasteiger partial charge >= 0.3 is 5.97 Å². The van der Waals surface area contributed by atoms with E-state index in [0.717, 1.165) is 48.3 Å². The first kappa shape index (κ1) is 22.2. The van der Waals surface area contributed by atoms with Crippen LogP contribution in [0.4, 0.5) is 0 Å². The average Bonchev–Trinajstić information content (AvgIpc) is 3.11. The van der Waals surface area contributed by atoms with Gasteiger partial charge in [-0.1, -0.05) is 25.7 Å². The lowest BCUT2D eigenvalue weighted by Crippen LogP contribution is -2.50. The van der Waals surface area contributed by atoms with E-state index in [2.05, 4.69) is 0 Å². The standard InChI is InChI=1S/C28H46O3/c1-19(29)31-23-17-13-21(14-18-23)28(20-11-15-22(30-2)16-12-20)26-9-5-3-7-24(26)25-8-4-6-10-27(25)28/h20-27H,3-18H2,1-2H3. The number of hydrogen-bond acceptors (Lipinski definition) is 3. The highest BCUT2D eigenvalue weighted by Crippen LogP contribution is 2.71. The van der Waals surface area contributed by atoms with Crippen molar-refractivity contribution < 1.29 is 14.3 Å². The topological polar surface area (TPSA) is 35.5 Å². The van der Waals surface area contributed by atoms with E-state index in [1.54, 1.807) is 6.92 Å². The van der Waals surface area contributed by atoms with Gasteiger partial charge in [0, 0.05) is 14.0 Å². The fourth-order valence-corrected chi connectivity index (χ4v) is 10.1. The van der Waals surface area contributed by atoms with Crippen molar-refractivity contribution >= 4 is 5.97 Å². The quantitative estimate of drug-likeness (QED) is 0.454. The molecule has 0 aromatic heterocycles. The van der Waals surface area contributed by atoms with Crippen molar-refractivity contribution in [1.82, 2.24) is 0 Å². The Morgan fingerprint density at radius 1 is 0.645 bits per heavy atom.